The van der Waals surface area contributed by atoms with Gasteiger partial charge in [0.2, 0.25) is 0 Å². The van der Waals surface area contributed by atoms with E-state index in [-0.39, 0.29) is 6.42 Å². The Hall–Kier alpha value is -1.06. The smallest absolute Gasteiger partial charge is 0.317 e. The molecule has 27 heavy (non-hydrogen) atoms. The Morgan fingerprint density at radius 2 is 0.926 bits per heavy atom. The van der Waals surface area contributed by atoms with Gasteiger partial charge in [0.05, 0.1) is 0 Å². The van der Waals surface area contributed by atoms with Crippen molar-refractivity contribution < 1.29 is 19.1 Å². The van der Waals surface area contributed by atoms with Crippen LogP contribution in [0.3, 0.4) is 0 Å². The molecular weight excluding hydrogens is 340 g/mol. The molecule has 0 fully saturated rings. The van der Waals surface area contributed by atoms with E-state index < -0.39 is 23.1 Å². The average Bonchev–Trinajstić information content (AvgIpc) is 2.66. The molecule has 0 unspecified atom stereocenters. The highest BCUT2D eigenvalue weighted by Crippen LogP contribution is 2.30. The molecule has 0 saturated carbocycles. The third-order valence-electron chi connectivity index (χ3n) is 6.00. The van der Waals surface area contributed by atoms with Crippen LogP contribution in [0.5, 0.6) is 0 Å². The van der Waals surface area contributed by atoms with E-state index >= 15 is 0 Å². The molecule has 0 radical (unpaired) electrons. The van der Waals surface area contributed by atoms with Gasteiger partial charge in [-0.05, 0) is 51.4 Å². The first-order valence-corrected chi connectivity index (χ1v) is 11.3. The van der Waals surface area contributed by atoms with E-state index in [4.69, 9.17) is 9.47 Å². The molecule has 0 aliphatic rings. The monoisotopic (exact) mass is 384 g/mol. The van der Waals surface area contributed by atoms with Gasteiger partial charge in [-0.2, -0.15) is 0 Å². The summed E-state index contributed by atoms with van der Waals surface area (Å²) >= 11 is 0. The van der Waals surface area contributed by atoms with E-state index in [9.17, 15) is 9.59 Å². The molecule has 0 amide bonds. The number of esters is 2. The van der Waals surface area contributed by atoms with Crippen LogP contribution in [-0.2, 0) is 19.1 Å². The molecule has 0 spiro atoms. The lowest BCUT2D eigenvalue weighted by molar-refractivity contribution is -0.173. The van der Waals surface area contributed by atoms with Crippen molar-refractivity contribution in [2.24, 2.45) is 0 Å². The van der Waals surface area contributed by atoms with E-state index in [2.05, 4.69) is 13.8 Å². The lowest BCUT2D eigenvalue weighted by atomic mass is 9.90. The van der Waals surface area contributed by atoms with Gasteiger partial charge in [-0.25, -0.2) is 0 Å². The zero-order chi connectivity index (χ0) is 20.8. The van der Waals surface area contributed by atoms with Crippen LogP contribution in [0.4, 0.5) is 0 Å². The number of rotatable bonds is 16. The Morgan fingerprint density at radius 1 is 0.593 bits per heavy atom. The summed E-state index contributed by atoms with van der Waals surface area (Å²) in [6.07, 6.45) is 11.2. The van der Waals surface area contributed by atoms with E-state index in [1.165, 1.54) is 0 Å². The molecule has 0 aromatic carbocycles. The number of carbonyl (C=O) groups is 2. The summed E-state index contributed by atoms with van der Waals surface area (Å²) in [7, 11) is 0. The van der Waals surface area contributed by atoms with Crippen molar-refractivity contribution in [1.82, 2.24) is 0 Å². The molecule has 4 nitrogen and oxygen atoms in total. The molecule has 160 valence electrons. The molecule has 0 bridgehead atoms. The van der Waals surface area contributed by atoms with Gasteiger partial charge < -0.3 is 9.47 Å². The van der Waals surface area contributed by atoms with Crippen molar-refractivity contribution in [3.05, 3.63) is 0 Å². The fourth-order valence-corrected chi connectivity index (χ4v) is 3.67. The predicted molar refractivity (Wildman–Crippen MR) is 112 cm³/mol. The van der Waals surface area contributed by atoms with Gasteiger partial charge in [0.25, 0.3) is 0 Å². The quantitative estimate of drug-likeness (QED) is 0.168. The molecule has 0 heterocycles. The molecule has 0 aromatic heterocycles. The normalized spacial score (nSPS) is 12.1. The van der Waals surface area contributed by atoms with E-state index in [1.54, 1.807) is 0 Å². The van der Waals surface area contributed by atoms with Crippen molar-refractivity contribution >= 4 is 11.9 Å². The molecule has 0 rings (SSSR count). The van der Waals surface area contributed by atoms with Gasteiger partial charge in [-0.15, -0.1) is 0 Å². The van der Waals surface area contributed by atoms with Crippen LogP contribution in [0.2, 0.25) is 0 Å². The van der Waals surface area contributed by atoms with Gasteiger partial charge in [0, 0.05) is 0 Å². The maximum atomic E-state index is 12.4. The lowest BCUT2D eigenvalue weighted by Gasteiger charge is -2.33. The van der Waals surface area contributed by atoms with Gasteiger partial charge in [-0.3, -0.25) is 9.59 Å². The van der Waals surface area contributed by atoms with Crippen LogP contribution in [-0.4, -0.2) is 23.1 Å². The van der Waals surface area contributed by atoms with Gasteiger partial charge in [0.1, 0.15) is 17.6 Å². The zero-order valence-electron chi connectivity index (χ0n) is 18.8. The number of carbonyl (C=O) groups excluding carboxylic acids is 2. The second-order valence-corrected chi connectivity index (χ2v) is 7.82. The molecular formula is C23H44O4. The van der Waals surface area contributed by atoms with Gasteiger partial charge in [-0.1, -0.05) is 67.2 Å². The standard InChI is InChI=1S/C23H44O4/c1-7-13-15-17-22(9-3,10-4)26-20(24)19-21(25)27-23(11-5,12-6)18-16-14-8-2/h7-19H2,1-6H3. The topological polar surface area (TPSA) is 52.6 Å². The first kappa shape index (κ1) is 25.9. The fourth-order valence-electron chi connectivity index (χ4n) is 3.67. The summed E-state index contributed by atoms with van der Waals surface area (Å²) in [6, 6.07) is 0. The molecule has 0 saturated heterocycles. The van der Waals surface area contributed by atoms with Crippen LogP contribution in [0.25, 0.3) is 0 Å². The summed E-state index contributed by atoms with van der Waals surface area (Å²) in [5, 5.41) is 0. The van der Waals surface area contributed by atoms with Crippen LogP contribution < -0.4 is 0 Å². The minimum absolute atomic E-state index is 0.287. The Balaban J connectivity index is 4.77. The maximum Gasteiger partial charge on any atom is 0.317 e. The van der Waals surface area contributed by atoms with Gasteiger partial charge in [0.15, 0.2) is 0 Å². The minimum atomic E-state index is -0.449. The van der Waals surface area contributed by atoms with Crippen molar-refractivity contribution in [2.75, 3.05) is 0 Å². The number of hydrogen-bond donors (Lipinski definition) is 0. The SMILES string of the molecule is CCCCCC(CC)(CC)OC(=O)CC(=O)OC(CC)(CC)CCCCC. The Morgan fingerprint density at radius 3 is 1.19 bits per heavy atom. The molecule has 4 heteroatoms. The highest BCUT2D eigenvalue weighted by Gasteiger charge is 2.34. The molecule has 0 atom stereocenters. The van der Waals surface area contributed by atoms with E-state index in [0.717, 1.165) is 77.0 Å². The fraction of sp³-hybridized carbons (Fsp3) is 0.913. The maximum absolute atomic E-state index is 12.4. The van der Waals surface area contributed by atoms with Crippen LogP contribution in [0.15, 0.2) is 0 Å². The minimum Gasteiger partial charge on any atom is -0.459 e. The highest BCUT2D eigenvalue weighted by atomic mass is 16.6. The van der Waals surface area contributed by atoms with Crippen LogP contribution in [0, 0.1) is 0 Å². The summed E-state index contributed by atoms with van der Waals surface area (Å²) in [4.78, 5) is 24.8. The molecule has 0 aliphatic heterocycles. The first-order valence-electron chi connectivity index (χ1n) is 11.3. The molecule has 0 aromatic rings. The van der Waals surface area contributed by atoms with E-state index in [1.807, 2.05) is 27.7 Å². The summed E-state index contributed by atoms with van der Waals surface area (Å²) < 4.78 is 11.6. The summed E-state index contributed by atoms with van der Waals surface area (Å²) in [5.74, 6) is -0.898. The largest absolute Gasteiger partial charge is 0.459 e. The number of hydrogen-bond acceptors (Lipinski definition) is 4. The Labute approximate surface area is 167 Å². The second-order valence-electron chi connectivity index (χ2n) is 7.82. The number of ether oxygens (including phenoxy) is 2. The lowest BCUT2D eigenvalue weighted by Crippen LogP contribution is -2.37. The van der Waals surface area contributed by atoms with Crippen LogP contribution >= 0.6 is 0 Å². The third kappa shape index (κ3) is 9.62. The van der Waals surface area contributed by atoms with Crippen molar-refractivity contribution in [2.45, 2.75) is 136 Å². The Bertz CT molecular complexity index is 371. The third-order valence-corrected chi connectivity index (χ3v) is 6.00. The van der Waals surface area contributed by atoms with Crippen molar-refractivity contribution in [1.29, 1.82) is 0 Å². The van der Waals surface area contributed by atoms with Gasteiger partial charge >= 0.3 is 11.9 Å². The molecule has 0 aliphatic carbocycles. The summed E-state index contributed by atoms with van der Waals surface area (Å²) in [5.41, 5.74) is -0.888. The molecule has 0 N–H and O–H groups in total. The van der Waals surface area contributed by atoms with E-state index in [0.29, 0.717) is 0 Å². The zero-order valence-corrected chi connectivity index (χ0v) is 18.8. The van der Waals surface area contributed by atoms with Crippen molar-refractivity contribution in [3.63, 3.8) is 0 Å². The highest BCUT2D eigenvalue weighted by molar-refractivity contribution is 5.91. The number of unbranched alkanes of at least 4 members (excludes halogenated alkanes) is 4. The second kappa shape index (κ2) is 14.0. The average molecular weight is 385 g/mol. The van der Waals surface area contributed by atoms with Crippen LogP contribution in [0.1, 0.15) is 125 Å². The van der Waals surface area contributed by atoms with Crippen molar-refractivity contribution in [3.8, 4) is 0 Å². The summed E-state index contributed by atoms with van der Waals surface area (Å²) in [6.45, 7) is 12.5. The Kier molecular flexibility index (Phi) is 13.5. The first-order chi connectivity index (χ1) is 12.9. The predicted octanol–water partition coefficient (Wildman–Crippen LogP) is 6.74.